The topological polar surface area (TPSA) is 75.4 Å². The number of carbonyl (C=O) groups is 2. The van der Waals surface area contributed by atoms with E-state index in [9.17, 15) is 9.59 Å². The van der Waals surface area contributed by atoms with Gasteiger partial charge in [-0.3, -0.25) is 9.59 Å². The van der Waals surface area contributed by atoms with Gasteiger partial charge in [0.05, 0.1) is 5.69 Å². The Morgan fingerprint density at radius 2 is 2.17 bits per heavy atom. The van der Waals surface area contributed by atoms with Gasteiger partial charge < -0.3 is 14.7 Å². The number of carbonyl (C=O) groups excluding carboxylic acids is 2. The summed E-state index contributed by atoms with van der Waals surface area (Å²) in [7, 11) is 0. The van der Waals surface area contributed by atoms with Gasteiger partial charge in [-0.2, -0.15) is 0 Å². The molecule has 120 valence electrons. The van der Waals surface area contributed by atoms with Crippen LogP contribution in [-0.4, -0.2) is 23.5 Å². The molecular formula is C17H19N3O3. The summed E-state index contributed by atoms with van der Waals surface area (Å²) in [5, 5.41) is 6.80. The Bertz CT molecular complexity index is 779. The second kappa shape index (κ2) is 5.87. The third-order valence-electron chi connectivity index (χ3n) is 4.11. The molecule has 6 nitrogen and oxygen atoms in total. The van der Waals surface area contributed by atoms with E-state index < -0.39 is 0 Å². The Morgan fingerprint density at radius 3 is 2.87 bits per heavy atom. The van der Waals surface area contributed by atoms with Crippen LogP contribution in [0.15, 0.2) is 22.7 Å². The molecule has 2 aromatic rings. The van der Waals surface area contributed by atoms with Crippen molar-refractivity contribution in [2.75, 3.05) is 16.8 Å². The third kappa shape index (κ3) is 2.72. The minimum absolute atomic E-state index is 0.0354. The fraction of sp³-hybridized carbons (Fsp3) is 0.353. The van der Waals surface area contributed by atoms with Gasteiger partial charge in [-0.05, 0) is 43.5 Å². The van der Waals surface area contributed by atoms with Gasteiger partial charge in [0.15, 0.2) is 0 Å². The normalized spacial score (nSPS) is 13.1. The van der Waals surface area contributed by atoms with Crippen molar-refractivity contribution in [2.45, 2.75) is 33.6 Å². The second-order valence-corrected chi connectivity index (χ2v) is 5.63. The zero-order valence-electron chi connectivity index (χ0n) is 13.5. The molecule has 3 rings (SSSR count). The summed E-state index contributed by atoms with van der Waals surface area (Å²) in [5.74, 6) is 0.332. The van der Waals surface area contributed by atoms with E-state index in [1.165, 1.54) is 0 Å². The summed E-state index contributed by atoms with van der Waals surface area (Å²) in [5.41, 5.74) is 3.85. The number of rotatable bonds is 3. The minimum Gasteiger partial charge on any atom is -0.361 e. The monoisotopic (exact) mass is 313 g/mol. The van der Waals surface area contributed by atoms with Crippen LogP contribution < -0.4 is 10.2 Å². The van der Waals surface area contributed by atoms with E-state index >= 15 is 0 Å². The van der Waals surface area contributed by atoms with Crippen LogP contribution in [0.25, 0.3) is 0 Å². The molecule has 1 N–H and O–H groups in total. The number of anilines is 2. The lowest BCUT2D eigenvalue weighted by Crippen LogP contribution is -2.25. The lowest BCUT2D eigenvalue weighted by Gasteiger charge is -2.15. The molecule has 1 aliphatic rings. The van der Waals surface area contributed by atoms with Crippen molar-refractivity contribution >= 4 is 23.2 Å². The molecule has 2 amide bonds. The molecule has 0 saturated heterocycles. The summed E-state index contributed by atoms with van der Waals surface area (Å²) >= 11 is 0. The number of aromatic nitrogens is 1. The van der Waals surface area contributed by atoms with Crippen molar-refractivity contribution in [3.8, 4) is 0 Å². The van der Waals surface area contributed by atoms with Crippen molar-refractivity contribution in [3.63, 3.8) is 0 Å². The number of hydrogen-bond donors (Lipinski definition) is 1. The Morgan fingerprint density at radius 1 is 1.39 bits per heavy atom. The highest BCUT2D eigenvalue weighted by Gasteiger charge is 2.23. The van der Waals surface area contributed by atoms with Crippen molar-refractivity contribution in [1.82, 2.24) is 5.16 Å². The zero-order chi connectivity index (χ0) is 16.6. The first-order valence-electron chi connectivity index (χ1n) is 7.68. The molecule has 23 heavy (non-hydrogen) atoms. The summed E-state index contributed by atoms with van der Waals surface area (Å²) in [6.45, 7) is 5.91. The summed E-state index contributed by atoms with van der Waals surface area (Å²) in [6.07, 6.45) is 1.43. The Balaban J connectivity index is 1.83. The fourth-order valence-electron chi connectivity index (χ4n) is 2.95. The lowest BCUT2D eigenvalue weighted by atomic mass is 10.1. The van der Waals surface area contributed by atoms with Crippen LogP contribution in [-0.2, 0) is 17.6 Å². The first kappa shape index (κ1) is 15.3. The van der Waals surface area contributed by atoms with Gasteiger partial charge in [0.1, 0.15) is 11.3 Å². The van der Waals surface area contributed by atoms with Crippen molar-refractivity contribution in [1.29, 1.82) is 0 Å². The van der Waals surface area contributed by atoms with Gasteiger partial charge in [0, 0.05) is 24.8 Å². The zero-order valence-corrected chi connectivity index (χ0v) is 13.5. The van der Waals surface area contributed by atoms with Crippen LogP contribution in [0, 0.1) is 6.92 Å². The molecule has 0 fully saturated rings. The predicted molar refractivity (Wildman–Crippen MR) is 86.7 cm³/mol. The Kier molecular flexibility index (Phi) is 3.90. The standard InChI is InChI=1S/C17H19N3O3/c1-4-14-16(10(2)23-19-14)17(22)18-13-5-6-15-12(9-13)7-8-20(15)11(3)21/h5-6,9H,4,7-8H2,1-3H3,(H,18,22). The molecule has 0 radical (unpaired) electrons. The van der Waals surface area contributed by atoms with Crippen molar-refractivity contribution in [2.24, 2.45) is 0 Å². The molecule has 6 heteroatoms. The van der Waals surface area contributed by atoms with Gasteiger partial charge >= 0.3 is 0 Å². The van der Waals surface area contributed by atoms with E-state index in [2.05, 4.69) is 10.5 Å². The number of aryl methyl sites for hydroxylation is 2. The van der Waals surface area contributed by atoms with E-state index in [4.69, 9.17) is 4.52 Å². The fourth-order valence-corrected chi connectivity index (χ4v) is 2.95. The molecule has 0 unspecified atom stereocenters. The molecule has 1 aromatic heterocycles. The summed E-state index contributed by atoms with van der Waals surface area (Å²) in [6, 6.07) is 5.61. The van der Waals surface area contributed by atoms with Crippen LogP contribution >= 0.6 is 0 Å². The first-order chi connectivity index (χ1) is 11.0. The average molecular weight is 313 g/mol. The summed E-state index contributed by atoms with van der Waals surface area (Å²) in [4.78, 5) is 25.8. The van der Waals surface area contributed by atoms with E-state index in [0.717, 1.165) is 17.7 Å². The number of nitrogens with one attached hydrogen (secondary N) is 1. The number of fused-ring (bicyclic) bond motifs is 1. The quantitative estimate of drug-likeness (QED) is 0.945. The van der Waals surface area contributed by atoms with Gasteiger partial charge in [0.25, 0.3) is 5.91 Å². The van der Waals surface area contributed by atoms with Gasteiger partial charge in [-0.1, -0.05) is 12.1 Å². The number of nitrogens with zero attached hydrogens (tertiary/aromatic N) is 2. The molecule has 1 aliphatic heterocycles. The third-order valence-corrected chi connectivity index (χ3v) is 4.11. The van der Waals surface area contributed by atoms with Gasteiger partial charge in [-0.25, -0.2) is 0 Å². The van der Waals surface area contributed by atoms with Crippen LogP contribution in [0.3, 0.4) is 0 Å². The first-order valence-corrected chi connectivity index (χ1v) is 7.68. The van der Waals surface area contributed by atoms with E-state index in [1.54, 1.807) is 18.7 Å². The lowest BCUT2D eigenvalue weighted by molar-refractivity contribution is -0.116. The molecule has 0 saturated carbocycles. The Labute approximate surface area is 134 Å². The highest BCUT2D eigenvalue weighted by atomic mass is 16.5. The number of amides is 2. The molecule has 0 aliphatic carbocycles. The maximum atomic E-state index is 12.5. The number of hydrogen-bond acceptors (Lipinski definition) is 4. The van der Waals surface area contributed by atoms with Crippen LogP contribution in [0.4, 0.5) is 11.4 Å². The predicted octanol–water partition coefficient (Wildman–Crippen LogP) is 2.71. The van der Waals surface area contributed by atoms with Gasteiger partial charge in [0.2, 0.25) is 5.91 Å². The molecular weight excluding hydrogens is 294 g/mol. The average Bonchev–Trinajstić information content (AvgIpc) is 3.09. The van der Waals surface area contributed by atoms with Crippen molar-refractivity contribution in [3.05, 3.63) is 40.8 Å². The summed E-state index contributed by atoms with van der Waals surface area (Å²) < 4.78 is 5.10. The van der Waals surface area contributed by atoms with E-state index in [0.29, 0.717) is 35.7 Å². The van der Waals surface area contributed by atoms with Gasteiger partial charge in [-0.15, -0.1) is 0 Å². The molecule has 2 heterocycles. The van der Waals surface area contributed by atoms with Crippen LogP contribution in [0.2, 0.25) is 0 Å². The van der Waals surface area contributed by atoms with Crippen LogP contribution in [0.1, 0.15) is 41.2 Å². The number of benzene rings is 1. The van der Waals surface area contributed by atoms with Crippen LogP contribution in [0.5, 0.6) is 0 Å². The maximum Gasteiger partial charge on any atom is 0.261 e. The highest BCUT2D eigenvalue weighted by molar-refractivity contribution is 6.06. The SMILES string of the molecule is CCc1noc(C)c1C(=O)Nc1ccc2c(c1)CCN2C(C)=O. The van der Waals surface area contributed by atoms with Crippen molar-refractivity contribution < 1.29 is 14.1 Å². The Hall–Kier alpha value is -2.63. The smallest absolute Gasteiger partial charge is 0.261 e. The maximum absolute atomic E-state index is 12.5. The largest absolute Gasteiger partial charge is 0.361 e. The molecule has 0 spiro atoms. The molecule has 1 aromatic carbocycles. The van der Waals surface area contributed by atoms with E-state index in [1.807, 2.05) is 25.1 Å². The highest BCUT2D eigenvalue weighted by Crippen LogP contribution is 2.30. The molecule has 0 bridgehead atoms. The van der Waals surface area contributed by atoms with E-state index in [-0.39, 0.29) is 11.8 Å². The molecule has 0 atom stereocenters. The second-order valence-electron chi connectivity index (χ2n) is 5.63. The minimum atomic E-state index is -0.220.